The predicted molar refractivity (Wildman–Crippen MR) is 68.9 cm³/mol. The lowest BCUT2D eigenvalue weighted by Gasteiger charge is -2.18. The van der Waals surface area contributed by atoms with Gasteiger partial charge in [0.25, 0.3) is 0 Å². The van der Waals surface area contributed by atoms with Crippen LogP contribution in [0.4, 0.5) is 0 Å². The third kappa shape index (κ3) is 8.11. The van der Waals surface area contributed by atoms with E-state index in [1.807, 2.05) is 0 Å². The van der Waals surface area contributed by atoms with Gasteiger partial charge in [-0.05, 0) is 32.2 Å². The fraction of sp³-hybridized carbons (Fsp3) is 0.727. The first-order chi connectivity index (χ1) is 8.88. The smallest absolute Gasteiger partial charge is 0.303 e. The number of carboxylic acids is 1. The standard InChI is InChI=1S/C11H22N4O4/c12-6-2-1-3-8(10(14)18)15-11(19)7(13)4-5-9(16)17/h7-8H,1-6,12-13H2,(H2,14,18)(H,15,19)(H,16,17)/t7-,8-/m0/s1. The van der Waals surface area contributed by atoms with E-state index >= 15 is 0 Å². The van der Waals surface area contributed by atoms with Crippen LogP contribution in [0.25, 0.3) is 0 Å². The van der Waals surface area contributed by atoms with E-state index < -0.39 is 29.9 Å². The van der Waals surface area contributed by atoms with Crippen molar-refractivity contribution in [1.29, 1.82) is 0 Å². The molecule has 0 saturated carbocycles. The Balaban J connectivity index is 4.21. The molecule has 0 unspecified atom stereocenters. The molecule has 0 bridgehead atoms. The van der Waals surface area contributed by atoms with Gasteiger partial charge in [0.15, 0.2) is 0 Å². The van der Waals surface area contributed by atoms with E-state index in [0.717, 1.165) is 6.42 Å². The van der Waals surface area contributed by atoms with Gasteiger partial charge in [0.05, 0.1) is 6.04 Å². The van der Waals surface area contributed by atoms with Crippen LogP contribution in [0.15, 0.2) is 0 Å². The van der Waals surface area contributed by atoms with Crippen LogP contribution in [0.5, 0.6) is 0 Å². The van der Waals surface area contributed by atoms with E-state index in [-0.39, 0.29) is 12.8 Å². The van der Waals surface area contributed by atoms with Crippen LogP contribution >= 0.6 is 0 Å². The first-order valence-electron chi connectivity index (χ1n) is 6.15. The summed E-state index contributed by atoms with van der Waals surface area (Å²) in [4.78, 5) is 33.2. The lowest BCUT2D eigenvalue weighted by molar-refractivity contribution is -0.137. The maximum Gasteiger partial charge on any atom is 0.303 e. The summed E-state index contributed by atoms with van der Waals surface area (Å²) in [6, 6.07) is -1.76. The molecule has 110 valence electrons. The lowest BCUT2D eigenvalue weighted by atomic mass is 10.1. The van der Waals surface area contributed by atoms with E-state index in [0.29, 0.717) is 19.4 Å². The van der Waals surface area contributed by atoms with Crippen molar-refractivity contribution in [3.8, 4) is 0 Å². The Labute approximate surface area is 111 Å². The van der Waals surface area contributed by atoms with Crippen LogP contribution in [-0.2, 0) is 14.4 Å². The molecule has 0 aromatic carbocycles. The molecule has 8 nitrogen and oxygen atoms in total. The second-order valence-electron chi connectivity index (χ2n) is 4.29. The van der Waals surface area contributed by atoms with E-state index in [9.17, 15) is 14.4 Å². The number of nitrogens with one attached hydrogen (secondary N) is 1. The highest BCUT2D eigenvalue weighted by molar-refractivity contribution is 5.89. The van der Waals surface area contributed by atoms with Crippen molar-refractivity contribution in [2.24, 2.45) is 17.2 Å². The van der Waals surface area contributed by atoms with Gasteiger partial charge in [-0.25, -0.2) is 0 Å². The molecule has 0 aromatic rings. The molecule has 0 aliphatic heterocycles. The van der Waals surface area contributed by atoms with Gasteiger partial charge in [-0.1, -0.05) is 0 Å². The molecule has 0 fully saturated rings. The molecule has 0 heterocycles. The molecule has 0 radical (unpaired) electrons. The quantitative estimate of drug-likeness (QED) is 0.297. The highest BCUT2D eigenvalue weighted by atomic mass is 16.4. The van der Waals surface area contributed by atoms with Crippen LogP contribution in [-0.4, -0.2) is 41.5 Å². The Bertz CT molecular complexity index is 322. The van der Waals surface area contributed by atoms with Crippen molar-refractivity contribution in [3.05, 3.63) is 0 Å². The van der Waals surface area contributed by atoms with Gasteiger partial charge in [0.1, 0.15) is 6.04 Å². The molecule has 0 saturated heterocycles. The molecule has 0 aromatic heterocycles. The van der Waals surface area contributed by atoms with E-state index in [1.165, 1.54) is 0 Å². The fourth-order valence-corrected chi connectivity index (χ4v) is 1.47. The summed E-state index contributed by atoms with van der Waals surface area (Å²) in [5.41, 5.74) is 16.0. The predicted octanol–water partition coefficient (Wildman–Crippen LogP) is -1.72. The number of primary amides is 1. The van der Waals surface area contributed by atoms with Gasteiger partial charge in [-0.2, -0.15) is 0 Å². The summed E-state index contributed by atoms with van der Waals surface area (Å²) in [5, 5.41) is 10.9. The maximum atomic E-state index is 11.6. The summed E-state index contributed by atoms with van der Waals surface area (Å²) >= 11 is 0. The molecule has 19 heavy (non-hydrogen) atoms. The number of carboxylic acid groups (broad SMARTS) is 1. The van der Waals surface area contributed by atoms with Crippen molar-refractivity contribution < 1.29 is 19.5 Å². The number of nitrogens with two attached hydrogens (primary N) is 3. The zero-order valence-corrected chi connectivity index (χ0v) is 10.8. The number of carbonyl (C=O) groups is 3. The zero-order chi connectivity index (χ0) is 14.8. The molecular weight excluding hydrogens is 252 g/mol. The van der Waals surface area contributed by atoms with Crippen LogP contribution in [0.3, 0.4) is 0 Å². The third-order valence-electron chi connectivity index (χ3n) is 2.61. The number of carbonyl (C=O) groups excluding carboxylic acids is 2. The van der Waals surface area contributed by atoms with Crippen molar-refractivity contribution in [3.63, 3.8) is 0 Å². The van der Waals surface area contributed by atoms with Crippen molar-refractivity contribution in [1.82, 2.24) is 5.32 Å². The minimum Gasteiger partial charge on any atom is -0.481 e. The van der Waals surface area contributed by atoms with Crippen LogP contribution < -0.4 is 22.5 Å². The number of aliphatic carboxylic acids is 1. The molecule has 8 N–H and O–H groups in total. The number of unbranched alkanes of at least 4 members (excludes halogenated alkanes) is 1. The fourth-order valence-electron chi connectivity index (χ4n) is 1.47. The Morgan fingerprint density at radius 2 is 1.79 bits per heavy atom. The van der Waals surface area contributed by atoms with E-state index in [4.69, 9.17) is 22.3 Å². The molecule has 0 spiro atoms. The Kier molecular flexibility index (Phi) is 8.47. The summed E-state index contributed by atoms with van der Waals surface area (Å²) in [6.45, 7) is 0.498. The van der Waals surface area contributed by atoms with E-state index in [2.05, 4.69) is 5.32 Å². The molecule has 2 atom stereocenters. The molecule has 8 heteroatoms. The number of hydrogen-bond acceptors (Lipinski definition) is 5. The summed E-state index contributed by atoms with van der Waals surface area (Å²) in [6.07, 6.45) is 1.59. The SMILES string of the molecule is NCCCC[C@H](NC(=O)[C@@H](N)CCC(=O)O)C(N)=O. The first-order valence-corrected chi connectivity index (χ1v) is 6.15. The average Bonchev–Trinajstić information content (AvgIpc) is 2.34. The number of amides is 2. The van der Waals surface area contributed by atoms with Gasteiger partial charge >= 0.3 is 5.97 Å². The van der Waals surface area contributed by atoms with Crippen molar-refractivity contribution in [2.75, 3.05) is 6.54 Å². The van der Waals surface area contributed by atoms with Crippen molar-refractivity contribution in [2.45, 2.75) is 44.2 Å². The maximum absolute atomic E-state index is 11.6. The highest BCUT2D eigenvalue weighted by Gasteiger charge is 2.21. The van der Waals surface area contributed by atoms with Gasteiger partial charge in [0.2, 0.25) is 11.8 Å². The zero-order valence-electron chi connectivity index (χ0n) is 10.8. The first kappa shape index (κ1) is 17.3. The van der Waals surface area contributed by atoms with E-state index in [1.54, 1.807) is 0 Å². The van der Waals surface area contributed by atoms with Gasteiger partial charge in [0, 0.05) is 6.42 Å². The van der Waals surface area contributed by atoms with Gasteiger partial charge in [-0.15, -0.1) is 0 Å². The summed E-state index contributed by atoms with van der Waals surface area (Å²) < 4.78 is 0. The Morgan fingerprint density at radius 3 is 2.26 bits per heavy atom. The Hall–Kier alpha value is -1.67. The second kappa shape index (κ2) is 9.29. The molecule has 0 rings (SSSR count). The minimum atomic E-state index is -1.03. The lowest BCUT2D eigenvalue weighted by Crippen LogP contribution is -2.50. The van der Waals surface area contributed by atoms with Crippen LogP contribution in [0.1, 0.15) is 32.1 Å². The van der Waals surface area contributed by atoms with Crippen LogP contribution in [0.2, 0.25) is 0 Å². The molecule has 2 amide bonds. The number of rotatable bonds is 10. The molecule has 0 aliphatic carbocycles. The summed E-state index contributed by atoms with van der Waals surface area (Å²) in [5.74, 6) is -2.24. The van der Waals surface area contributed by atoms with Crippen molar-refractivity contribution >= 4 is 17.8 Å². The molecule has 0 aliphatic rings. The third-order valence-corrected chi connectivity index (χ3v) is 2.61. The molecular formula is C11H22N4O4. The van der Waals surface area contributed by atoms with Gasteiger partial charge < -0.3 is 27.6 Å². The monoisotopic (exact) mass is 274 g/mol. The Morgan fingerprint density at radius 1 is 1.16 bits per heavy atom. The average molecular weight is 274 g/mol. The summed E-state index contributed by atoms with van der Waals surface area (Å²) in [7, 11) is 0. The normalized spacial score (nSPS) is 13.6. The minimum absolute atomic E-state index is 0.00937. The second-order valence-corrected chi connectivity index (χ2v) is 4.29. The van der Waals surface area contributed by atoms with Gasteiger partial charge in [-0.3, -0.25) is 14.4 Å². The number of hydrogen-bond donors (Lipinski definition) is 5. The largest absolute Gasteiger partial charge is 0.481 e. The topological polar surface area (TPSA) is 162 Å². The highest BCUT2D eigenvalue weighted by Crippen LogP contribution is 2.02. The van der Waals surface area contributed by atoms with Crippen LogP contribution in [0, 0.1) is 0 Å².